The number of rotatable bonds is 6. The predicted octanol–water partition coefficient (Wildman–Crippen LogP) is 6.47. The van der Waals surface area contributed by atoms with E-state index < -0.39 is 0 Å². The fourth-order valence-electron chi connectivity index (χ4n) is 4.11. The van der Waals surface area contributed by atoms with Crippen molar-refractivity contribution < 1.29 is 9.63 Å². The maximum Gasteiger partial charge on any atom is 0.194 e. The monoisotopic (exact) mass is 417 g/mol. The minimum Gasteiger partial charge on any atom is -0.404 e. The van der Waals surface area contributed by atoms with Crippen molar-refractivity contribution in [1.29, 1.82) is 0 Å². The van der Waals surface area contributed by atoms with Crippen LogP contribution in [0.1, 0.15) is 33.1 Å². The number of hydrogen-bond donors (Lipinski definition) is 0. The van der Waals surface area contributed by atoms with Gasteiger partial charge in [-0.05, 0) is 11.1 Å². The van der Waals surface area contributed by atoms with Crippen molar-refractivity contribution in [1.82, 2.24) is 5.06 Å². The Hall–Kier alpha value is -3.95. The SMILES string of the molecule is O=C(C1=C(c2ccccc2)ON(Cc2ccccc2)C1c1ccccc1)c1ccccc1. The highest BCUT2D eigenvalue weighted by Crippen LogP contribution is 2.44. The first-order valence-electron chi connectivity index (χ1n) is 10.7. The van der Waals surface area contributed by atoms with Crippen LogP contribution >= 0.6 is 0 Å². The van der Waals surface area contributed by atoms with Gasteiger partial charge in [0.05, 0.1) is 12.1 Å². The molecule has 1 aliphatic heterocycles. The first-order chi connectivity index (χ1) is 15.8. The average Bonchev–Trinajstić information content (AvgIpc) is 3.25. The summed E-state index contributed by atoms with van der Waals surface area (Å²) in [5.74, 6) is 0.595. The molecule has 1 aliphatic rings. The molecule has 0 spiro atoms. The van der Waals surface area contributed by atoms with Crippen molar-refractivity contribution in [3.05, 3.63) is 149 Å². The summed E-state index contributed by atoms with van der Waals surface area (Å²) < 4.78 is 0. The quantitative estimate of drug-likeness (QED) is 0.337. The fourth-order valence-corrected chi connectivity index (χ4v) is 4.11. The van der Waals surface area contributed by atoms with Crippen LogP contribution < -0.4 is 0 Å². The molecule has 0 bridgehead atoms. The maximum absolute atomic E-state index is 13.8. The summed E-state index contributed by atoms with van der Waals surface area (Å²) >= 11 is 0. The number of hydrogen-bond acceptors (Lipinski definition) is 3. The summed E-state index contributed by atoms with van der Waals surface area (Å²) in [6, 6.07) is 39.3. The predicted molar refractivity (Wildman–Crippen MR) is 126 cm³/mol. The zero-order chi connectivity index (χ0) is 21.8. The lowest BCUT2D eigenvalue weighted by Crippen LogP contribution is -2.25. The van der Waals surface area contributed by atoms with Gasteiger partial charge in [-0.2, -0.15) is 0 Å². The minimum absolute atomic E-state index is 0.0196. The Kier molecular flexibility index (Phi) is 5.65. The van der Waals surface area contributed by atoms with Crippen LogP contribution in [0.5, 0.6) is 0 Å². The van der Waals surface area contributed by atoms with Crippen LogP contribution in [0, 0.1) is 0 Å². The molecular formula is C29H23NO2. The van der Waals surface area contributed by atoms with E-state index in [1.165, 1.54) is 0 Å². The molecule has 3 heteroatoms. The lowest BCUT2D eigenvalue weighted by molar-refractivity contribution is -0.102. The summed E-state index contributed by atoms with van der Waals surface area (Å²) in [6.45, 7) is 0.558. The molecule has 156 valence electrons. The lowest BCUT2D eigenvalue weighted by atomic mass is 9.90. The van der Waals surface area contributed by atoms with E-state index in [4.69, 9.17) is 4.84 Å². The molecule has 0 aliphatic carbocycles. The molecule has 0 fully saturated rings. The average molecular weight is 418 g/mol. The van der Waals surface area contributed by atoms with E-state index in [-0.39, 0.29) is 11.8 Å². The first-order valence-corrected chi connectivity index (χ1v) is 10.7. The van der Waals surface area contributed by atoms with E-state index in [9.17, 15) is 4.79 Å². The molecule has 0 amide bonds. The zero-order valence-corrected chi connectivity index (χ0v) is 17.6. The highest BCUT2D eigenvalue weighted by molar-refractivity contribution is 6.13. The smallest absolute Gasteiger partial charge is 0.194 e. The Morgan fingerprint density at radius 3 is 1.84 bits per heavy atom. The second kappa shape index (κ2) is 9.04. The van der Waals surface area contributed by atoms with Gasteiger partial charge < -0.3 is 4.84 Å². The van der Waals surface area contributed by atoms with E-state index in [1.54, 1.807) is 0 Å². The van der Waals surface area contributed by atoms with Crippen molar-refractivity contribution in [2.45, 2.75) is 12.6 Å². The Bertz CT molecular complexity index is 1220. The van der Waals surface area contributed by atoms with Crippen LogP contribution in [-0.2, 0) is 11.4 Å². The molecule has 1 heterocycles. The summed E-state index contributed by atoms with van der Waals surface area (Å²) in [5, 5.41) is 1.92. The molecule has 0 saturated heterocycles. The van der Waals surface area contributed by atoms with Crippen molar-refractivity contribution in [3.8, 4) is 0 Å². The van der Waals surface area contributed by atoms with Gasteiger partial charge in [0.15, 0.2) is 11.5 Å². The van der Waals surface area contributed by atoms with Crippen LogP contribution in [0.15, 0.2) is 127 Å². The molecule has 5 rings (SSSR count). The third kappa shape index (κ3) is 3.98. The van der Waals surface area contributed by atoms with Crippen molar-refractivity contribution in [2.75, 3.05) is 0 Å². The van der Waals surface area contributed by atoms with Gasteiger partial charge in [0.1, 0.15) is 6.04 Å². The number of Topliss-reactive ketones (excluding diaryl/α,β-unsaturated/α-hetero) is 1. The third-order valence-corrected chi connectivity index (χ3v) is 5.63. The second-order valence-electron chi connectivity index (χ2n) is 7.77. The van der Waals surface area contributed by atoms with Crippen LogP contribution in [0.2, 0.25) is 0 Å². The molecule has 0 radical (unpaired) electrons. The fraction of sp³-hybridized carbons (Fsp3) is 0.0690. The molecule has 32 heavy (non-hydrogen) atoms. The Morgan fingerprint density at radius 1 is 0.688 bits per heavy atom. The molecule has 0 N–H and O–H groups in total. The minimum atomic E-state index is -0.320. The number of benzene rings is 4. The Morgan fingerprint density at radius 2 is 1.22 bits per heavy atom. The summed E-state index contributed by atoms with van der Waals surface area (Å²) in [6.07, 6.45) is 0. The third-order valence-electron chi connectivity index (χ3n) is 5.63. The normalized spacial score (nSPS) is 16.1. The van der Waals surface area contributed by atoms with Gasteiger partial charge in [0.25, 0.3) is 0 Å². The molecule has 0 aromatic heterocycles. The zero-order valence-electron chi connectivity index (χ0n) is 17.6. The van der Waals surface area contributed by atoms with Gasteiger partial charge in [-0.1, -0.05) is 121 Å². The van der Waals surface area contributed by atoms with Gasteiger partial charge in [-0.15, -0.1) is 5.06 Å². The van der Waals surface area contributed by atoms with Crippen LogP contribution in [0.4, 0.5) is 0 Å². The highest BCUT2D eigenvalue weighted by Gasteiger charge is 2.40. The van der Waals surface area contributed by atoms with Gasteiger partial charge in [-0.25, -0.2) is 0 Å². The van der Waals surface area contributed by atoms with E-state index in [0.29, 0.717) is 23.4 Å². The Balaban J connectivity index is 1.66. The van der Waals surface area contributed by atoms with Crippen molar-refractivity contribution in [2.24, 2.45) is 0 Å². The number of carbonyl (C=O) groups is 1. The summed E-state index contributed by atoms with van der Waals surface area (Å²) in [5.41, 5.74) is 4.35. The van der Waals surface area contributed by atoms with Crippen LogP contribution in [-0.4, -0.2) is 10.8 Å². The molecule has 1 unspecified atom stereocenters. The van der Waals surface area contributed by atoms with E-state index in [2.05, 4.69) is 24.3 Å². The summed E-state index contributed by atoms with van der Waals surface area (Å²) in [4.78, 5) is 20.3. The Labute approximate surface area is 188 Å². The number of ketones is 1. The lowest BCUT2D eigenvalue weighted by Gasteiger charge is -2.25. The van der Waals surface area contributed by atoms with Crippen LogP contribution in [0.25, 0.3) is 5.76 Å². The van der Waals surface area contributed by atoms with Crippen molar-refractivity contribution in [3.63, 3.8) is 0 Å². The number of hydroxylamine groups is 2. The molecule has 4 aromatic carbocycles. The molecule has 1 atom stereocenters. The first kappa shape index (κ1) is 20.0. The largest absolute Gasteiger partial charge is 0.404 e. The molecule has 0 saturated carbocycles. The van der Waals surface area contributed by atoms with Crippen molar-refractivity contribution >= 4 is 11.5 Å². The van der Waals surface area contributed by atoms with Gasteiger partial charge in [0, 0.05) is 11.1 Å². The number of nitrogens with zero attached hydrogens (tertiary/aromatic N) is 1. The maximum atomic E-state index is 13.8. The van der Waals surface area contributed by atoms with Gasteiger partial charge in [0.2, 0.25) is 0 Å². The highest BCUT2D eigenvalue weighted by atomic mass is 16.7. The second-order valence-corrected chi connectivity index (χ2v) is 7.77. The van der Waals surface area contributed by atoms with E-state index in [0.717, 1.165) is 16.7 Å². The topological polar surface area (TPSA) is 29.5 Å². The molecule has 4 aromatic rings. The summed E-state index contributed by atoms with van der Waals surface area (Å²) in [7, 11) is 0. The molecule has 3 nitrogen and oxygen atoms in total. The molecular weight excluding hydrogens is 394 g/mol. The van der Waals surface area contributed by atoms with E-state index >= 15 is 0 Å². The number of carbonyl (C=O) groups excluding carboxylic acids is 1. The van der Waals surface area contributed by atoms with Gasteiger partial charge >= 0.3 is 0 Å². The van der Waals surface area contributed by atoms with Crippen LogP contribution in [0.3, 0.4) is 0 Å². The van der Waals surface area contributed by atoms with E-state index in [1.807, 2.05) is 102 Å². The van der Waals surface area contributed by atoms with Gasteiger partial charge in [-0.3, -0.25) is 4.79 Å². The standard InChI is InChI=1S/C29H23NO2/c31-28(24-17-9-3-10-18-24)26-27(23-15-7-2-8-16-23)30(21-22-13-5-1-6-14-22)32-29(26)25-19-11-4-12-20-25/h1-20,27H,21H2.